The Hall–Kier alpha value is -0.790. The zero-order valence-electron chi connectivity index (χ0n) is 8.74. The maximum atomic E-state index is 11.5. The highest BCUT2D eigenvalue weighted by molar-refractivity contribution is 5.92. The van der Waals surface area contributed by atoms with Crippen LogP contribution in [0.4, 0.5) is 0 Å². The molecule has 0 unspecified atom stereocenters. The highest BCUT2D eigenvalue weighted by atomic mass is 16.5. The van der Waals surface area contributed by atoms with Crippen molar-refractivity contribution >= 4 is 5.78 Å². The summed E-state index contributed by atoms with van der Waals surface area (Å²) in [4.78, 5) is 11.5. The van der Waals surface area contributed by atoms with Crippen LogP contribution in [-0.4, -0.2) is 11.9 Å². The first-order valence-corrected chi connectivity index (χ1v) is 5.65. The number of allylic oxidation sites excluding steroid dienone is 1. The van der Waals surface area contributed by atoms with Gasteiger partial charge in [-0.25, -0.2) is 0 Å². The standard InChI is InChI=1S/C12H18O2/c1-9-11(13)7-8-14-12(9)10-5-3-2-4-6-10/h7-10,12H,2-6H2,1H3/t9-,12+/m0/s1. The maximum Gasteiger partial charge on any atom is 0.165 e. The number of hydrogen-bond donors (Lipinski definition) is 0. The molecule has 0 bridgehead atoms. The first-order chi connectivity index (χ1) is 6.79. The van der Waals surface area contributed by atoms with Gasteiger partial charge in [0.15, 0.2) is 5.78 Å². The third-order valence-corrected chi connectivity index (χ3v) is 3.52. The van der Waals surface area contributed by atoms with Gasteiger partial charge in [0.1, 0.15) is 6.10 Å². The SMILES string of the molecule is C[C@H]1C(=O)C=CO[C@H]1C1CCCCC1. The van der Waals surface area contributed by atoms with E-state index in [2.05, 4.69) is 0 Å². The van der Waals surface area contributed by atoms with E-state index in [1.807, 2.05) is 6.92 Å². The number of rotatable bonds is 1. The zero-order valence-corrected chi connectivity index (χ0v) is 8.74. The van der Waals surface area contributed by atoms with Gasteiger partial charge in [-0.05, 0) is 18.8 Å². The van der Waals surface area contributed by atoms with Crippen LogP contribution in [0, 0.1) is 11.8 Å². The molecular weight excluding hydrogens is 176 g/mol. The van der Waals surface area contributed by atoms with Crippen molar-refractivity contribution in [1.29, 1.82) is 0 Å². The minimum atomic E-state index is 0.0584. The Kier molecular flexibility index (Phi) is 2.90. The topological polar surface area (TPSA) is 26.3 Å². The Balaban J connectivity index is 2.02. The lowest BCUT2D eigenvalue weighted by Crippen LogP contribution is -2.36. The van der Waals surface area contributed by atoms with Crippen molar-refractivity contribution in [2.45, 2.75) is 45.1 Å². The van der Waals surface area contributed by atoms with Crippen LogP contribution in [-0.2, 0) is 9.53 Å². The third kappa shape index (κ3) is 1.84. The van der Waals surface area contributed by atoms with Crippen molar-refractivity contribution in [3.8, 4) is 0 Å². The van der Waals surface area contributed by atoms with Gasteiger partial charge < -0.3 is 4.74 Å². The molecule has 2 rings (SSSR count). The lowest BCUT2D eigenvalue weighted by atomic mass is 9.79. The number of ketones is 1. The van der Waals surface area contributed by atoms with Gasteiger partial charge in [-0.15, -0.1) is 0 Å². The van der Waals surface area contributed by atoms with Gasteiger partial charge in [0.2, 0.25) is 0 Å². The Bertz CT molecular complexity index is 239. The number of ether oxygens (including phenoxy) is 1. The molecule has 0 saturated heterocycles. The lowest BCUT2D eigenvalue weighted by molar-refractivity contribution is -0.125. The molecule has 1 heterocycles. The van der Waals surface area contributed by atoms with E-state index in [1.54, 1.807) is 12.3 Å². The average Bonchev–Trinajstić information content (AvgIpc) is 2.23. The molecular formula is C12H18O2. The van der Waals surface area contributed by atoms with Gasteiger partial charge in [0, 0.05) is 6.08 Å². The Labute approximate surface area is 85.3 Å². The predicted molar refractivity (Wildman–Crippen MR) is 54.8 cm³/mol. The molecule has 0 aromatic carbocycles. The van der Waals surface area contributed by atoms with E-state index in [-0.39, 0.29) is 17.8 Å². The van der Waals surface area contributed by atoms with Crippen molar-refractivity contribution < 1.29 is 9.53 Å². The summed E-state index contributed by atoms with van der Waals surface area (Å²) in [7, 11) is 0. The molecule has 1 fully saturated rings. The minimum absolute atomic E-state index is 0.0584. The van der Waals surface area contributed by atoms with E-state index >= 15 is 0 Å². The summed E-state index contributed by atoms with van der Waals surface area (Å²) in [6, 6.07) is 0. The summed E-state index contributed by atoms with van der Waals surface area (Å²) in [5, 5.41) is 0. The zero-order chi connectivity index (χ0) is 9.97. The first-order valence-electron chi connectivity index (χ1n) is 5.65. The maximum absolute atomic E-state index is 11.5. The summed E-state index contributed by atoms with van der Waals surface area (Å²) >= 11 is 0. The highest BCUT2D eigenvalue weighted by Crippen LogP contribution is 2.33. The molecule has 2 aliphatic rings. The van der Waals surface area contributed by atoms with E-state index < -0.39 is 0 Å². The smallest absolute Gasteiger partial charge is 0.165 e. The van der Waals surface area contributed by atoms with Crippen LogP contribution in [0.25, 0.3) is 0 Å². The lowest BCUT2D eigenvalue weighted by Gasteiger charge is -2.34. The van der Waals surface area contributed by atoms with Gasteiger partial charge in [0.05, 0.1) is 12.2 Å². The number of hydrogen-bond acceptors (Lipinski definition) is 2. The molecule has 0 radical (unpaired) electrons. The molecule has 0 N–H and O–H groups in total. The summed E-state index contributed by atoms with van der Waals surface area (Å²) < 4.78 is 5.60. The van der Waals surface area contributed by atoms with E-state index in [0.717, 1.165) is 0 Å². The molecule has 1 aliphatic carbocycles. The van der Waals surface area contributed by atoms with Crippen molar-refractivity contribution in [2.24, 2.45) is 11.8 Å². The minimum Gasteiger partial charge on any atom is -0.497 e. The number of carbonyl (C=O) groups is 1. The Morgan fingerprint density at radius 1 is 1.29 bits per heavy atom. The second-order valence-electron chi connectivity index (χ2n) is 4.49. The third-order valence-electron chi connectivity index (χ3n) is 3.52. The van der Waals surface area contributed by atoms with Crippen molar-refractivity contribution in [2.75, 3.05) is 0 Å². The Morgan fingerprint density at radius 3 is 2.71 bits per heavy atom. The van der Waals surface area contributed by atoms with Crippen LogP contribution >= 0.6 is 0 Å². The molecule has 14 heavy (non-hydrogen) atoms. The normalized spacial score (nSPS) is 34.2. The Morgan fingerprint density at radius 2 is 2.00 bits per heavy atom. The summed E-state index contributed by atoms with van der Waals surface area (Å²) in [5.41, 5.74) is 0. The van der Waals surface area contributed by atoms with Crippen molar-refractivity contribution in [1.82, 2.24) is 0 Å². The summed E-state index contributed by atoms with van der Waals surface area (Å²) in [6.45, 7) is 1.99. The van der Waals surface area contributed by atoms with Gasteiger partial charge >= 0.3 is 0 Å². The van der Waals surface area contributed by atoms with Crippen LogP contribution in [0.2, 0.25) is 0 Å². The second kappa shape index (κ2) is 4.16. The molecule has 0 amide bonds. The molecule has 2 nitrogen and oxygen atoms in total. The predicted octanol–water partition coefficient (Wildman–Crippen LogP) is 2.68. The van der Waals surface area contributed by atoms with Crippen molar-refractivity contribution in [3.05, 3.63) is 12.3 Å². The van der Waals surface area contributed by atoms with E-state index in [1.165, 1.54) is 32.1 Å². The summed E-state index contributed by atoms with van der Waals surface area (Å²) in [5.74, 6) is 0.891. The molecule has 0 spiro atoms. The molecule has 2 atom stereocenters. The van der Waals surface area contributed by atoms with Gasteiger partial charge in [-0.2, -0.15) is 0 Å². The largest absolute Gasteiger partial charge is 0.497 e. The fraction of sp³-hybridized carbons (Fsp3) is 0.750. The monoisotopic (exact) mass is 194 g/mol. The van der Waals surface area contributed by atoms with E-state index in [4.69, 9.17) is 4.74 Å². The van der Waals surface area contributed by atoms with Crippen LogP contribution in [0.15, 0.2) is 12.3 Å². The number of carbonyl (C=O) groups excluding carboxylic acids is 1. The van der Waals surface area contributed by atoms with Gasteiger partial charge in [-0.3, -0.25) is 4.79 Å². The summed E-state index contributed by atoms with van der Waals surface area (Å²) in [6.07, 6.45) is 9.71. The second-order valence-corrected chi connectivity index (χ2v) is 4.49. The molecule has 78 valence electrons. The molecule has 2 heteroatoms. The molecule has 0 aromatic heterocycles. The molecule has 1 aliphatic heterocycles. The van der Waals surface area contributed by atoms with E-state index in [9.17, 15) is 4.79 Å². The fourth-order valence-corrected chi connectivity index (χ4v) is 2.61. The van der Waals surface area contributed by atoms with E-state index in [0.29, 0.717) is 5.92 Å². The van der Waals surface area contributed by atoms with Crippen LogP contribution < -0.4 is 0 Å². The highest BCUT2D eigenvalue weighted by Gasteiger charge is 2.33. The fourth-order valence-electron chi connectivity index (χ4n) is 2.61. The van der Waals surface area contributed by atoms with Crippen LogP contribution in [0.3, 0.4) is 0 Å². The molecule has 0 aromatic rings. The van der Waals surface area contributed by atoms with Crippen LogP contribution in [0.5, 0.6) is 0 Å². The van der Waals surface area contributed by atoms with Gasteiger partial charge in [-0.1, -0.05) is 26.2 Å². The van der Waals surface area contributed by atoms with Gasteiger partial charge in [0.25, 0.3) is 0 Å². The first kappa shape index (κ1) is 9.75. The van der Waals surface area contributed by atoms with Crippen molar-refractivity contribution in [3.63, 3.8) is 0 Å². The average molecular weight is 194 g/mol. The molecule has 1 saturated carbocycles. The quantitative estimate of drug-likeness (QED) is 0.641. The van der Waals surface area contributed by atoms with Crippen LogP contribution in [0.1, 0.15) is 39.0 Å².